The first kappa shape index (κ1) is 10.0. The molecule has 15 heavy (non-hydrogen) atoms. The largest absolute Gasteiger partial charge is 0.506 e. The Morgan fingerprint density at radius 3 is 2.93 bits per heavy atom. The van der Waals surface area contributed by atoms with Crippen molar-refractivity contribution >= 4 is 0 Å². The van der Waals surface area contributed by atoms with Gasteiger partial charge in [0, 0.05) is 0 Å². The summed E-state index contributed by atoms with van der Waals surface area (Å²) in [7, 11) is 0. The topological polar surface area (TPSA) is 42.4 Å². The molecule has 1 heterocycles. The molecular formula is C12H13NO2. The highest BCUT2D eigenvalue weighted by atomic mass is 16.5. The molecule has 1 saturated carbocycles. The van der Waals surface area contributed by atoms with Crippen molar-refractivity contribution in [3.8, 4) is 17.6 Å². The minimum atomic E-state index is 0.159. The zero-order valence-electron chi connectivity index (χ0n) is 8.44. The van der Waals surface area contributed by atoms with Gasteiger partial charge in [0.05, 0.1) is 12.3 Å². The Bertz CT molecular complexity index is 371. The van der Waals surface area contributed by atoms with E-state index in [9.17, 15) is 0 Å². The van der Waals surface area contributed by atoms with Crippen molar-refractivity contribution < 1.29 is 9.84 Å². The fourth-order valence-electron chi connectivity index (χ4n) is 1.28. The number of aromatic hydroxyl groups is 1. The molecule has 1 aliphatic carbocycles. The van der Waals surface area contributed by atoms with Crippen LogP contribution in [-0.2, 0) is 4.74 Å². The van der Waals surface area contributed by atoms with Crippen LogP contribution in [0, 0.1) is 11.8 Å². The molecule has 1 aromatic rings. The predicted molar refractivity (Wildman–Crippen MR) is 56.4 cm³/mol. The van der Waals surface area contributed by atoms with E-state index in [0.29, 0.717) is 18.4 Å². The highest BCUT2D eigenvalue weighted by molar-refractivity contribution is 5.30. The van der Waals surface area contributed by atoms with Crippen molar-refractivity contribution in [1.82, 2.24) is 4.98 Å². The van der Waals surface area contributed by atoms with E-state index in [1.165, 1.54) is 25.5 Å². The van der Waals surface area contributed by atoms with Crippen LogP contribution in [0.1, 0.15) is 25.0 Å². The van der Waals surface area contributed by atoms with Crippen LogP contribution in [0.15, 0.2) is 18.3 Å². The Kier molecular flexibility index (Phi) is 3.21. The third-order valence-corrected chi connectivity index (χ3v) is 2.41. The van der Waals surface area contributed by atoms with Gasteiger partial charge in [-0.25, -0.2) is 4.98 Å². The van der Waals surface area contributed by atoms with Crippen molar-refractivity contribution in [3.05, 3.63) is 24.0 Å². The second kappa shape index (κ2) is 4.81. The van der Waals surface area contributed by atoms with Gasteiger partial charge in [0.25, 0.3) is 0 Å². The lowest BCUT2D eigenvalue weighted by Crippen LogP contribution is -2.21. The fourth-order valence-corrected chi connectivity index (χ4v) is 1.28. The first-order valence-electron chi connectivity index (χ1n) is 5.10. The van der Waals surface area contributed by atoms with E-state index in [1.54, 1.807) is 12.1 Å². The van der Waals surface area contributed by atoms with Gasteiger partial charge in [0.15, 0.2) is 0 Å². The van der Waals surface area contributed by atoms with Crippen LogP contribution in [0.3, 0.4) is 0 Å². The molecule has 3 nitrogen and oxygen atoms in total. The Morgan fingerprint density at radius 2 is 2.33 bits per heavy atom. The van der Waals surface area contributed by atoms with Crippen LogP contribution in [0.2, 0.25) is 0 Å². The monoisotopic (exact) mass is 203 g/mol. The van der Waals surface area contributed by atoms with Gasteiger partial charge in [0.2, 0.25) is 0 Å². The van der Waals surface area contributed by atoms with Crippen molar-refractivity contribution in [2.45, 2.75) is 25.4 Å². The minimum absolute atomic E-state index is 0.159. The van der Waals surface area contributed by atoms with Crippen LogP contribution in [0.4, 0.5) is 0 Å². The summed E-state index contributed by atoms with van der Waals surface area (Å²) < 4.78 is 5.47. The average Bonchev–Trinajstić information content (AvgIpc) is 2.18. The van der Waals surface area contributed by atoms with Crippen LogP contribution in [-0.4, -0.2) is 22.8 Å². The maximum atomic E-state index is 9.01. The van der Waals surface area contributed by atoms with Crippen LogP contribution < -0.4 is 0 Å². The summed E-state index contributed by atoms with van der Waals surface area (Å²) in [6.45, 7) is 0.465. The summed E-state index contributed by atoms with van der Waals surface area (Å²) >= 11 is 0. The average molecular weight is 203 g/mol. The number of hydrogen-bond acceptors (Lipinski definition) is 3. The van der Waals surface area contributed by atoms with E-state index < -0.39 is 0 Å². The Morgan fingerprint density at radius 1 is 1.47 bits per heavy atom. The molecule has 3 heteroatoms. The first-order chi connectivity index (χ1) is 7.34. The molecule has 0 unspecified atom stereocenters. The third-order valence-electron chi connectivity index (χ3n) is 2.41. The number of pyridine rings is 1. The summed E-state index contributed by atoms with van der Waals surface area (Å²) in [5.41, 5.74) is 0.657. The van der Waals surface area contributed by atoms with Crippen LogP contribution in [0.5, 0.6) is 5.75 Å². The smallest absolute Gasteiger partial charge is 0.133 e. The third kappa shape index (κ3) is 2.97. The maximum Gasteiger partial charge on any atom is 0.133 e. The van der Waals surface area contributed by atoms with Crippen molar-refractivity contribution in [3.63, 3.8) is 0 Å². The van der Waals surface area contributed by atoms with Gasteiger partial charge in [-0.1, -0.05) is 5.92 Å². The van der Waals surface area contributed by atoms with E-state index in [4.69, 9.17) is 9.84 Å². The maximum absolute atomic E-state index is 9.01. The second-order valence-corrected chi connectivity index (χ2v) is 3.57. The zero-order valence-corrected chi connectivity index (χ0v) is 8.44. The standard InChI is InChI=1S/C12H13NO2/c14-11-7-6-10(13-9-11)3-2-8-15-12-4-1-5-12/h6-7,9,12,14H,1,4-5,8H2. The summed E-state index contributed by atoms with van der Waals surface area (Å²) in [4.78, 5) is 3.95. The van der Waals surface area contributed by atoms with Gasteiger partial charge in [-0.3, -0.25) is 0 Å². The van der Waals surface area contributed by atoms with Crippen LogP contribution >= 0.6 is 0 Å². The van der Waals surface area contributed by atoms with E-state index in [0.717, 1.165) is 0 Å². The molecule has 0 aromatic carbocycles. The molecule has 0 spiro atoms. The van der Waals surface area contributed by atoms with Gasteiger partial charge in [-0.15, -0.1) is 0 Å². The predicted octanol–water partition coefficient (Wildman–Crippen LogP) is 1.71. The van der Waals surface area contributed by atoms with Gasteiger partial charge >= 0.3 is 0 Å². The molecule has 1 fully saturated rings. The molecule has 0 bridgehead atoms. The van der Waals surface area contributed by atoms with Gasteiger partial charge < -0.3 is 9.84 Å². The van der Waals surface area contributed by atoms with Crippen molar-refractivity contribution in [2.75, 3.05) is 6.61 Å². The number of aromatic nitrogens is 1. The normalized spacial score (nSPS) is 15.2. The molecule has 2 rings (SSSR count). The van der Waals surface area contributed by atoms with E-state index in [1.807, 2.05) is 0 Å². The van der Waals surface area contributed by atoms with Gasteiger partial charge in [-0.05, 0) is 37.3 Å². The lowest BCUT2D eigenvalue weighted by Gasteiger charge is -2.24. The molecule has 0 atom stereocenters. The molecule has 1 aromatic heterocycles. The van der Waals surface area contributed by atoms with E-state index >= 15 is 0 Å². The molecule has 0 saturated heterocycles. The Labute approximate surface area is 89.1 Å². The highest BCUT2D eigenvalue weighted by Crippen LogP contribution is 2.21. The fraction of sp³-hybridized carbons (Fsp3) is 0.417. The number of ether oxygens (including phenoxy) is 1. The van der Waals surface area contributed by atoms with Crippen molar-refractivity contribution in [2.24, 2.45) is 0 Å². The SMILES string of the molecule is Oc1ccc(C#CCOC2CCC2)nc1. The quantitative estimate of drug-likeness (QED) is 0.744. The summed E-state index contributed by atoms with van der Waals surface area (Å²) in [5.74, 6) is 5.94. The minimum Gasteiger partial charge on any atom is -0.506 e. The van der Waals surface area contributed by atoms with Crippen molar-refractivity contribution in [1.29, 1.82) is 0 Å². The van der Waals surface area contributed by atoms with E-state index in [-0.39, 0.29) is 5.75 Å². The summed E-state index contributed by atoms with van der Waals surface area (Å²) in [6, 6.07) is 3.26. The van der Waals surface area contributed by atoms with Crippen LogP contribution in [0.25, 0.3) is 0 Å². The Balaban J connectivity index is 1.79. The van der Waals surface area contributed by atoms with Gasteiger partial charge in [-0.2, -0.15) is 0 Å². The Hall–Kier alpha value is -1.53. The summed E-state index contributed by atoms with van der Waals surface area (Å²) in [5, 5.41) is 9.01. The number of hydrogen-bond donors (Lipinski definition) is 1. The second-order valence-electron chi connectivity index (χ2n) is 3.57. The number of rotatable bonds is 2. The number of nitrogens with zero attached hydrogens (tertiary/aromatic N) is 1. The molecular weight excluding hydrogens is 190 g/mol. The summed E-state index contributed by atoms with van der Waals surface area (Å²) in [6.07, 6.45) is 5.42. The zero-order chi connectivity index (χ0) is 10.5. The van der Waals surface area contributed by atoms with Gasteiger partial charge in [0.1, 0.15) is 18.1 Å². The molecule has 0 radical (unpaired) electrons. The first-order valence-corrected chi connectivity index (χ1v) is 5.10. The lowest BCUT2D eigenvalue weighted by molar-refractivity contribution is 0.0217. The molecule has 1 N–H and O–H groups in total. The van der Waals surface area contributed by atoms with E-state index in [2.05, 4.69) is 16.8 Å². The molecule has 78 valence electrons. The molecule has 0 amide bonds. The lowest BCUT2D eigenvalue weighted by atomic mass is 9.96. The highest BCUT2D eigenvalue weighted by Gasteiger charge is 2.16. The molecule has 1 aliphatic rings. The molecule has 0 aliphatic heterocycles.